The van der Waals surface area contributed by atoms with E-state index in [4.69, 9.17) is 9.94 Å². The smallest absolute Gasteiger partial charge is 0.431 e. The van der Waals surface area contributed by atoms with E-state index >= 15 is 0 Å². The van der Waals surface area contributed by atoms with Gasteiger partial charge in [0.25, 0.3) is 0 Å². The van der Waals surface area contributed by atoms with Crippen molar-refractivity contribution in [3.8, 4) is 0 Å². The maximum absolute atomic E-state index is 10.5. The van der Waals surface area contributed by atoms with Gasteiger partial charge in [0, 0.05) is 6.42 Å². The van der Waals surface area contributed by atoms with E-state index in [-0.39, 0.29) is 0 Å². The molecular weight excluding hydrogens is 146 g/mol. The van der Waals surface area contributed by atoms with Crippen LogP contribution in [0.5, 0.6) is 0 Å². The molecule has 0 unspecified atom stereocenters. The highest BCUT2D eigenvalue weighted by molar-refractivity contribution is 5.66. The first-order valence-electron chi connectivity index (χ1n) is 3.26. The number of ether oxygens (including phenoxy) is 1. The highest BCUT2D eigenvalue weighted by Gasteiger charge is 2.20. The van der Waals surface area contributed by atoms with Crippen molar-refractivity contribution in [2.24, 2.45) is 0 Å². The monoisotopic (exact) mass is 159 g/mol. The molecule has 0 aromatic heterocycles. The van der Waals surface area contributed by atoms with Crippen molar-refractivity contribution in [3.63, 3.8) is 0 Å². The fraction of sp³-hybridized carbons (Fsp3) is 0.571. The second-order valence-electron chi connectivity index (χ2n) is 2.75. The van der Waals surface area contributed by atoms with Gasteiger partial charge in [0.2, 0.25) is 0 Å². The molecule has 0 atom stereocenters. The molecule has 0 aliphatic rings. The van der Waals surface area contributed by atoms with E-state index in [2.05, 4.69) is 6.58 Å². The highest BCUT2D eigenvalue weighted by Crippen LogP contribution is 2.14. The molecule has 0 aromatic rings. The lowest BCUT2D eigenvalue weighted by Crippen LogP contribution is -2.32. The second-order valence-corrected chi connectivity index (χ2v) is 2.75. The van der Waals surface area contributed by atoms with Gasteiger partial charge >= 0.3 is 6.09 Å². The average molecular weight is 159 g/mol. The third-order valence-corrected chi connectivity index (χ3v) is 1.10. The molecule has 0 fully saturated rings. The number of carbonyl (C=O) groups excluding carboxylic acids is 1. The largest absolute Gasteiger partial charge is 0.442 e. The van der Waals surface area contributed by atoms with Crippen LogP contribution < -0.4 is 5.48 Å². The Bertz CT molecular complexity index is 154. The van der Waals surface area contributed by atoms with Crippen molar-refractivity contribution in [2.75, 3.05) is 0 Å². The van der Waals surface area contributed by atoms with Crippen molar-refractivity contribution < 1.29 is 14.7 Å². The predicted molar refractivity (Wildman–Crippen MR) is 40.3 cm³/mol. The zero-order valence-electron chi connectivity index (χ0n) is 6.76. The van der Waals surface area contributed by atoms with Gasteiger partial charge in [-0.1, -0.05) is 6.08 Å². The maximum atomic E-state index is 10.5. The summed E-state index contributed by atoms with van der Waals surface area (Å²) in [6.45, 7) is 6.96. The summed E-state index contributed by atoms with van der Waals surface area (Å²) in [5.74, 6) is 0. The minimum Gasteiger partial charge on any atom is -0.442 e. The summed E-state index contributed by atoms with van der Waals surface area (Å²) in [6.07, 6.45) is 1.34. The molecule has 64 valence electrons. The van der Waals surface area contributed by atoms with Crippen LogP contribution in [0.2, 0.25) is 0 Å². The summed E-state index contributed by atoms with van der Waals surface area (Å²) in [4.78, 5) is 10.5. The molecule has 0 aliphatic heterocycles. The molecule has 0 rings (SSSR count). The van der Waals surface area contributed by atoms with Crippen LogP contribution in [0.15, 0.2) is 12.7 Å². The van der Waals surface area contributed by atoms with Crippen molar-refractivity contribution in [2.45, 2.75) is 25.9 Å². The summed E-state index contributed by atoms with van der Waals surface area (Å²) < 4.78 is 4.76. The number of hydrogen-bond acceptors (Lipinski definition) is 3. The van der Waals surface area contributed by atoms with Crippen molar-refractivity contribution in [1.29, 1.82) is 0 Å². The van der Waals surface area contributed by atoms with E-state index in [1.54, 1.807) is 19.9 Å². The molecule has 11 heavy (non-hydrogen) atoms. The Balaban J connectivity index is 3.89. The molecule has 4 nitrogen and oxygen atoms in total. The minimum atomic E-state index is -0.850. The van der Waals surface area contributed by atoms with Crippen LogP contribution >= 0.6 is 0 Å². The van der Waals surface area contributed by atoms with Crippen LogP contribution in [-0.4, -0.2) is 16.9 Å². The van der Waals surface area contributed by atoms with E-state index in [9.17, 15) is 4.79 Å². The molecule has 4 heteroatoms. The fourth-order valence-corrected chi connectivity index (χ4v) is 0.663. The Morgan fingerprint density at radius 3 is 2.73 bits per heavy atom. The van der Waals surface area contributed by atoms with Crippen molar-refractivity contribution in [3.05, 3.63) is 12.7 Å². The van der Waals surface area contributed by atoms with Crippen molar-refractivity contribution >= 4 is 6.09 Å². The molecule has 0 saturated carbocycles. The van der Waals surface area contributed by atoms with Gasteiger partial charge in [0.05, 0.1) is 0 Å². The summed E-state index contributed by atoms with van der Waals surface area (Å²) in [5.41, 5.74) is 0.768. The number of amides is 1. The van der Waals surface area contributed by atoms with Gasteiger partial charge in [-0.25, -0.2) is 10.3 Å². The summed E-state index contributed by atoms with van der Waals surface area (Å²) in [5, 5.41) is 8.12. The van der Waals surface area contributed by atoms with E-state index in [0.29, 0.717) is 6.42 Å². The molecule has 0 aliphatic carbocycles. The molecule has 0 saturated heterocycles. The molecule has 0 bridgehead atoms. The standard InChI is InChI=1S/C7H13NO3/c1-4-5-7(2,3)11-6(9)8-10/h4,10H,1,5H2,2-3H3,(H,8,9). The SMILES string of the molecule is C=CCC(C)(C)OC(=O)NO. The lowest BCUT2D eigenvalue weighted by molar-refractivity contribution is 0.0141. The van der Waals surface area contributed by atoms with E-state index in [0.717, 1.165) is 0 Å². The van der Waals surface area contributed by atoms with Gasteiger partial charge in [0.1, 0.15) is 5.60 Å². The summed E-state index contributed by atoms with van der Waals surface area (Å²) >= 11 is 0. The first-order valence-corrected chi connectivity index (χ1v) is 3.26. The van der Waals surface area contributed by atoms with Gasteiger partial charge in [-0.2, -0.15) is 0 Å². The number of carbonyl (C=O) groups is 1. The van der Waals surface area contributed by atoms with Crippen LogP contribution in [0.4, 0.5) is 4.79 Å². The lowest BCUT2D eigenvalue weighted by Gasteiger charge is -2.22. The van der Waals surface area contributed by atoms with E-state index in [1.807, 2.05) is 0 Å². The molecule has 0 spiro atoms. The van der Waals surface area contributed by atoms with E-state index < -0.39 is 11.7 Å². The number of hydrogen-bond donors (Lipinski definition) is 2. The van der Waals surface area contributed by atoms with Crippen LogP contribution in [-0.2, 0) is 4.74 Å². The average Bonchev–Trinajstić information content (AvgIpc) is 1.86. The molecule has 0 heterocycles. The third-order valence-electron chi connectivity index (χ3n) is 1.10. The number of hydroxylamine groups is 1. The van der Waals surface area contributed by atoms with Crippen LogP contribution in [0.3, 0.4) is 0 Å². The fourth-order valence-electron chi connectivity index (χ4n) is 0.663. The Morgan fingerprint density at radius 2 is 2.36 bits per heavy atom. The van der Waals surface area contributed by atoms with Gasteiger partial charge in [-0.05, 0) is 13.8 Å². The number of nitrogens with one attached hydrogen (secondary N) is 1. The van der Waals surface area contributed by atoms with E-state index in [1.165, 1.54) is 5.48 Å². The van der Waals surface area contributed by atoms with Crippen LogP contribution in [0.25, 0.3) is 0 Å². The normalized spacial score (nSPS) is 10.5. The molecule has 0 aromatic carbocycles. The van der Waals surface area contributed by atoms with Crippen LogP contribution in [0, 0.1) is 0 Å². The first kappa shape index (κ1) is 9.97. The Kier molecular flexibility index (Phi) is 3.60. The molecule has 2 N–H and O–H groups in total. The maximum Gasteiger partial charge on any atom is 0.431 e. The van der Waals surface area contributed by atoms with Gasteiger partial charge in [0.15, 0.2) is 0 Å². The van der Waals surface area contributed by atoms with Gasteiger partial charge in [-0.15, -0.1) is 6.58 Å². The Labute approximate surface area is 65.8 Å². The van der Waals surface area contributed by atoms with Crippen molar-refractivity contribution in [1.82, 2.24) is 5.48 Å². The van der Waals surface area contributed by atoms with Gasteiger partial charge < -0.3 is 4.74 Å². The summed E-state index contributed by atoms with van der Waals surface area (Å²) in [6, 6.07) is 0. The molecular formula is C7H13NO3. The zero-order chi connectivity index (χ0) is 8.91. The van der Waals surface area contributed by atoms with Crippen LogP contribution in [0.1, 0.15) is 20.3 Å². The molecule has 0 radical (unpaired) electrons. The minimum absolute atomic E-state index is 0.542. The topological polar surface area (TPSA) is 58.6 Å². The second kappa shape index (κ2) is 3.98. The first-order chi connectivity index (χ1) is 5.02. The quantitative estimate of drug-likeness (QED) is 0.372. The number of rotatable bonds is 3. The highest BCUT2D eigenvalue weighted by atomic mass is 16.6. The Morgan fingerprint density at radius 1 is 1.82 bits per heavy atom. The molecule has 1 amide bonds. The predicted octanol–water partition coefficient (Wildman–Crippen LogP) is 1.46. The third kappa shape index (κ3) is 4.38. The lowest BCUT2D eigenvalue weighted by atomic mass is 10.1. The summed E-state index contributed by atoms with van der Waals surface area (Å²) in [7, 11) is 0. The zero-order valence-corrected chi connectivity index (χ0v) is 6.76. The van der Waals surface area contributed by atoms with Gasteiger partial charge in [-0.3, -0.25) is 5.21 Å². The Hall–Kier alpha value is -1.03.